The van der Waals surface area contributed by atoms with Gasteiger partial charge in [0.2, 0.25) is 0 Å². The highest BCUT2D eigenvalue weighted by Gasteiger charge is 2.18. The molecule has 166 valence electrons. The van der Waals surface area contributed by atoms with Crippen LogP contribution in [-0.2, 0) is 10.1 Å². The van der Waals surface area contributed by atoms with E-state index in [0.717, 1.165) is 12.1 Å². The first-order valence-electron chi connectivity index (χ1n) is 9.38. The van der Waals surface area contributed by atoms with Crippen molar-refractivity contribution in [1.82, 2.24) is 9.78 Å². The van der Waals surface area contributed by atoms with E-state index in [0.29, 0.717) is 16.9 Å². The molecule has 0 fully saturated rings. The summed E-state index contributed by atoms with van der Waals surface area (Å²) in [6.45, 7) is 0. The Morgan fingerprint density at radius 1 is 0.909 bits per heavy atom. The first-order valence-corrected chi connectivity index (χ1v) is 10.8. The molecule has 0 atom stereocenters. The molecule has 0 spiro atoms. The Bertz CT molecular complexity index is 1510. The fourth-order valence-electron chi connectivity index (χ4n) is 3.02. The highest BCUT2D eigenvalue weighted by atomic mass is 32.2. The summed E-state index contributed by atoms with van der Waals surface area (Å²) in [5.41, 5.74) is 0.975. The van der Waals surface area contributed by atoms with Crippen molar-refractivity contribution in [3.63, 3.8) is 0 Å². The summed E-state index contributed by atoms with van der Waals surface area (Å²) in [6.07, 6.45) is 0. The molecule has 3 aromatic carbocycles. The molecule has 1 aromatic heterocycles. The van der Waals surface area contributed by atoms with Gasteiger partial charge in [-0.1, -0.05) is 30.3 Å². The van der Waals surface area contributed by atoms with Crippen LogP contribution >= 0.6 is 0 Å². The SMILES string of the molecule is O=c1c(N=Nc2ccc(S(=O)(=O)O)cc2)c(-c2ccccc2)[nH]n1-c1ccc([N+](=O)[O-])cc1. The first kappa shape index (κ1) is 21.8. The number of aromatic amines is 1. The Balaban J connectivity index is 1.78. The third-order valence-electron chi connectivity index (χ3n) is 4.65. The van der Waals surface area contributed by atoms with Crippen LogP contribution in [0.25, 0.3) is 16.9 Å². The maximum Gasteiger partial charge on any atom is 0.299 e. The lowest BCUT2D eigenvalue weighted by Gasteiger charge is -2.01. The Labute approximate surface area is 186 Å². The van der Waals surface area contributed by atoms with Crippen LogP contribution in [-0.4, -0.2) is 27.7 Å². The second-order valence-electron chi connectivity index (χ2n) is 6.78. The van der Waals surface area contributed by atoms with Crippen molar-refractivity contribution in [3.8, 4) is 16.9 Å². The minimum absolute atomic E-state index is 0.0154. The average molecular weight is 465 g/mol. The van der Waals surface area contributed by atoms with Crippen molar-refractivity contribution in [3.05, 3.63) is 99.3 Å². The van der Waals surface area contributed by atoms with Crippen molar-refractivity contribution >= 4 is 27.2 Å². The molecule has 11 nitrogen and oxygen atoms in total. The van der Waals surface area contributed by atoms with Crippen LogP contribution < -0.4 is 5.56 Å². The monoisotopic (exact) mass is 465 g/mol. The molecule has 1 heterocycles. The molecule has 0 unspecified atom stereocenters. The molecule has 0 amide bonds. The lowest BCUT2D eigenvalue weighted by atomic mass is 10.1. The van der Waals surface area contributed by atoms with Crippen LogP contribution in [0.2, 0.25) is 0 Å². The van der Waals surface area contributed by atoms with Gasteiger partial charge in [0.25, 0.3) is 21.4 Å². The number of nitro groups is 1. The first-order chi connectivity index (χ1) is 15.7. The molecule has 0 aliphatic rings. The van der Waals surface area contributed by atoms with Gasteiger partial charge in [-0.3, -0.25) is 24.6 Å². The van der Waals surface area contributed by atoms with Gasteiger partial charge in [0.15, 0.2) is 5.69 Å². The number of hydrogen-bond donors (Lipinski definition) is 2. The van der Waals surface area contributed by atoms with Crippen LogP contribution in [0.3, 0.4) is 0 Å². The maximum absolute atomic E-state index is 13.1. The highest BCUT2D eigenvalue weighted by molar-refractivity contribution is 7.85. The largest absolute Gasteiger partial charge is 0.299 e. The average Bonchev–Trinajstić information content (AvgIpc) is 3.14. The Morgan fingerprint density at radius 3 is 2.12 bits per heavy atom. The molecule has 4 aromatic rings. The van der Waals surface area contributed by atoms with E-state index < -0.39 is 20.6 Å². The number of non-ortho nitro benzene ring substituents is 1. The molecular weight excluding hydrogens is 450 g/mol. The van der Waals surface area contributed by atoms with Gasteiger partial charge in [-0.25, -0.2) is 4.68 Å². The number of benzene rings is 3. The van der Waals surface area contributed by atoms with Crippen molar-refractivity contribution in [2.24, 2.45) is 10.2 Å². The van der Waals surface area contributed by atoms with E-state index in [2.05, 4.69) is 15.3 Å². The van der Waals surface area contributed by atoms with E-state index >= 15 is 0 Å². The van der Waals surface area contributed by atoms with Gasteiger partial charge in [0.1, 0.15) is 0 Å². The second kappa shape index (κ2) is 8.61. The number of nitrogens with one attached hydrogen (secondary N) is 1. The van der Waals surface area contributed by atoms with Crippen LogP contribution in [0.15, 0.2) is 98.8 Å². The molecule has 0 bridgehead atoms. The standard InChI is InChI=1S/C21H15N5O6S/c27-21-20(23-22-15-6-12-18(13-7-15)33(30,31)32)19(14-4-2-1-3-5-14)24-25(21)16-8-10-17(11-9-16)26(28)29/h1-13,24H,(H,30,31,32). The van der Waals surface area contributed by atoms with Crippen molar-refractivity contribution < 1.29 is 17.9 Å². The zero-order chi connectivity index (χ0) is 23.6. The second-order valence-corrected chi connectivity index (χ2v) is 8.21. The van der Waals surface area contributed by atoms with Crippen LogP contribution in [0.5, 0.6) is 0 Å². The number of hydrogen-bond acceptors (Lipinski definition) is 7. The van der Waals surface area contributed by atoms with Gasteiger partial charge in [-0.2, -0.15) is 13.5 Å². The third kappa shape index (κ3) is 4.61. The quantitative estimate of drug-likeness (QED) is 0.186. The summed E-state index contributed by atoms with van der Waals surface area (Å²) < 4.78 is 32.6. The summed E-state index contributed by atoms with van der Waals surface area (Å²) in [6, 6.07) is 19.3. The van der Waals surface area contributed by atoms with Gasteiger partial charge in [-0.15, -0.1) is 5.11 Å². The highest BCUT2D eigenvalue weighted by Crippen LogP contribution is 2.28. The van der Waals surface area contributed by atoms with E-state index in [4.69, 9.17) is 4.55 Å². The maximum atomic E-state index is 13.1. The van der Waals surface area contributed by atoms with Gasteiger partial charge >= 0.3 is 0 Å². The molecule has 4 rings (SSSR count). The smallest absolute Gasteiger partial charge is 0.288 e. The number of azo groups is 1. The Kier molecular flexibility index (Phi) is 5.69. The van der Waals surface area contributed by atoms with Crippen LogP contribution in [0.1, 0.15) is 0 Å². The van der Waals surface area contributed by atoms with Crippen LogP contribution in [0, 0.1) is 10.1 Å². The predicted molar refractivity (Wildman–Crippen MR) is 119 cm³/mol. The molecule has 0 radical (unpaired) electrons. The molecule has 2 N–H and O–H groups in total. The van der Waals surface area contributed by atoms with Crippen molar-refractivity contribution in [2.45, 2.75) is 4.90 Å². The summed E-state index contributed by atoms with van der Waals surface area (Å²) in [7, 11) is -4.34. The molecule has 0 aliphatic heterocycles. The topological polar surface area (TPSA) is 160 Å². The van der Waals surface area contributed by atoms with E-state index in [1.165, 1.54) is 41.1 Å². The number of nitrogens with zero attached hydrogens (tertiary/aromatic N) is 4. The lowest BCUT2D eigenvalue weighted by Crippen LogP contribution is -2.13. The van der Waals surface area contributed by atoms with E-state index in [9.17, 15) is 23.3 Å². The Morgan fingerprint density at radius 2 is 1.55 bits per heavy atom. The summed E-state index contributed by atoms with van der Waals surface area (Å²) >= 11 is 0. The zero-order valence-corrected chi connectivity index (χ0v) is 17.5. The molecule has 0 aliphatic carbocycles. The fraction of sp³-hybridized carbons (Fsp3) is 0. The summed E-state index contributed by atoms with van der Waals surface area (Å²) in [4.78, 5) is 23.2. The number of H-pyrrole nitrogens is 1. The lowest BCUT2D eigenvalue weighted by molar-refractivity contribution is -0.384. The molecular formula is C21H15N5O6S. The molecule has 33 heavy (non-hydrogen) atoms. The minimum Gasteiger partial charge on any atom is -0.288 e. The van der Waals surface area contributed by atoms with Gasteiger partial charge in [-0.05, 0) is 36.4 Å². The molecule has 0 saturated heterocycles. The van der Waals surface area contributed by atoms with Crippen LogP contribution in [0.4, 0.5) is 17.1 Å². The number of nitro benzene ring substituents is 1. The van der Waals surface area contributed by atoms with E-state index in [1.807, 2.05) is 6.07 Å². The molecule has 12 heteroatoms. The Hall–Kier alpha value is -4.42. The van der Waals surface area contributed by atoms with Gasteiger partial charge in [0, 0.05) is 17.7 Å². The minimum atomic E-state index is -4.34. The zero-order valence-electron chi connectivity index (χ0n) is 16.7. The number of aromatic nitrogens is 2. The van der Waals surface area contributed by atoms with Crippen molar-refractivity contribution in [2.75, 3.05) is 0 Å². The van der Waals surface area contributed by atoms with E-state index in [-0.39, 0.29) is 22.0 Å². The summed E-state index contributed by atoms with van der Waals surface area (Å²) in [5.74, 6) is 0. The third-order valence-corrected chi connectivity index (χ3v) is 5.52. The summed E-state index contributed by atoms with van der Waals surface area (Å²) in [5, 5.41) is 22.0. The predicted octanol–water partition coefficient (Wildman–Crippen LogP) is 4.40. The van der Waals surface area contributed by atoms with E-state index in [1.54, 1.807) is 24.3 Å². The van der Waals surface area contributed by atoms with Crippen molar-refractivity contribution in [1.29, 1.82) is 0 Å². The number of rotatable bonds is 6. The molecule has 0 saturated carbocycles. The fourth-order valence-corrected chi connectivity index (χ4v) is 3.50. The van der Waals surface area contributed by atoms with Gasteiger partial charge in [0.05, 0.1) is 26.9 Å². The van der Waals surface area contributed by atoms with Gasteiger partial charge < -0.3 is 0 Å². The normalized spacial score (nSPS) is 11.7.